The number of ether oxygens (including phenoxy) is 1. The summed E-state index contributed by atoms with van der Waals surface area (Å²) in [4.78, 5) is 76.3. The number of carbonyl (C=O) groups is 4. The van der Waals surface area contributed by atoms with Gasteiger partial charge in [0.15, 0.2) is 35.5 Å². The number of nitrogen functional groups attached to an aromatic ring is 1. The lowest BCUT2D eigenvalue weighted by Crippen LogP contribution is -2.50. The van der Waals surface area contributed by atoms with Crippen molar-refractivity contribution in [3.63, 3.8) is 0 Å². The van der Waals surface area contributed by atoms with Gasteiger partial charge in [0.1, 0.15) is 35.3 Å². The molecule has 0 bridgehead atoms. The third kappa shape index (κ3) is 9.88. The maximum absolute atomic E-state index is 15.3. The minimum Gasteiger partial charge on any atom is -0.439 e. The van der Waals surface area contributed by atoms with Gasteiger partial charge in [0.2, 0.25) is 11.8 Å². The molecule has 5 fully saturated rings. The Bertz CT molecular complexity index is 2860. The Hall–Kier alpha value is -6.84. The summed E-state index contributed by atoms with van der Waals surface area (Å²) in [6, 6.07) is 1.63. The number of hydrogen-bond donors (Lipinski definition) is 3. The van der Waals surface area contributed by atoms with Gasteiger partial charge in [0, 0.05) is 89.3 Å². The number of piperazine rings is 1. The molecular weight excluding hydrogens is 931 g/mol. The summed E-state index contributed by atoms with van der Waals surface area (Å²) in [5, 5.41) is 15.2. The van der Waals surface area contributed by atoms with Crippen LogP contribution in [0.1, 0.15) is 103 Å². The number of likely N-dealkylation sites (tertiary alicyclic amines) is 2. The normalized spacial score (nSPS) is 21.3. The van der Waals surface area contributed by atoms with Crippen molar-refractivity contribution in [3.05, 3.63) is 53.8 Å². The molecule has 2 atom stereocenters. The number of fused-ring (bicyclic) bond motifs is 1. The van der Waals surface area contributed by atoms with E-state index in [1.165, 1.54) is 18.5 Å². The highest BCUT2D eigenvalue weighted by molar-refractivity contribution is 6.02. The Balaban J connectivity index is 0.688. The van der Waals surface area contributed by atoms with E-state index in [2.05, 4.69) is 44.5 Å². The first-order valence-electron chi connectivity index (χ1n) is 25.0. The molecular formula is C50H62F2N14O6. The Labute approximate surface area is 415 Å². The van der Waals surface area contributed by atoms with Gasteiger partial charge in [-0.1, -0.05) is 19.0 Å². The number of carbonyl (C=O) groups excluding carboxylic acids is 4. The van der Waals surface area contributed by atoms with Gasteiger partial charge in [0.25, 0.3) is 5.91 Å². The number of nitrogens with zero attached hydrogens (tertiary/aromatic N) is 11. The van der Waals surface area contributed by atoms with E-state index in [1.807, 2.05) is 37.8 Å². The number of halogens is 2. The lowest BCUT2D eigenvalue weighted by atomic mass is 9.71. The van der Waals surface area contributed by atoms with Crippen LogP contribution in [0.2, 0.25) is 0 Å². The lowest BCUT2D eigenvalue weighted by Gasteiger charge is -2.43. The monoisotopic (exact) mass is 992 g/mol. The number of anilines is 3. The number of piperidine rings is 3. The van der Waals surface area contributed by atoms with Gasteiger partial charge < -0.3 is 35.0 Å². The van der Waals surface area contributed by atoms with Gasteiger partial charge in [-0.3, -0.25) is 24.6 Å². The number of benzene rings is 1. The summed E-state index contributed by atoms with van der Waals surface area (Å²) >= 11 is 0. The van der Waals surface area contributed by atoms with Crippen molar-refractivity contribution in [2.75, 3.05) is 81.5 Å². The van der Waals surface area contributed by atoms with Gasteiger partial charge >= 0.3 is 6.09 Å². The van der Waals surface area contributed by atoms with Crippen LogP contribution in [0.25, 0.3) is 33.8 Å². The molecule has 1 aliphatic carbocycles. The molecule has 4 aliphatic heterocycles. The van der Waals surface area contributed by atoms with Crippen LogP contribution in [-0.2, 0) is 24.7 Å². The first-order valence-corrected chi connectivity index (χ1v) is 25.0. The third-order valence-electron chi connectivity index (χ3n) is 14.9. The minimum atomic E-state index is -0.747. The fourth-order valence-electron chi connectivity index (χ4n) is 10.9. The number of aromatic nitrogens is 7. The average molecular weight is 993 g/mol. The van der Waals surface area contributed by atoms with Crippen LogP contribution in [0.5, 0.6) is 0 Å². The standard InChI is InChI=1S/C50H62F2N14O6/c1-49(2,3)66-46-39(44(53)56-27-57-46)40(60-66)41-38(43(72-61-41)29-6-7-29)45-54-22-30(23-55-45)32-12-15-65(26-50(32,4)5)48(70)71-25-37(68)63-13-10-28(11-14-63)24-62-16-18-64(19-17-62)42-33(51)20-31(21-34(42)52)58-35-8-9-36(67)59-47(35)69/h20-23,27-29,32,35,58H,6-19,24-26H2,1-5H3,(H2,53,56,57)(H,59,67,69)/t32-,35?/m0/s1. The topological polar surface area (TPSA) is 236 Å². The summed E-state index contributed by atoms with van der Waals surface area (Å²) in [6.45, 7) is 14.9. The largest absolute Gasteiger partial charge is 0.439 e. The van der Waals surface area contributed by atoms with Crippen molar-refractivity contribution < 1.29 is 37.2 Å². The number of nitrogens with two attached hydrogens (primary N) is 1. The van der Waals surface area contributed by atoms with Crippen molar-refractivity contribution in [2.45, 2.75) is 103 Å². The Morgan fingerprint density at radius 1 is 0.903 bits per heavy atom. The average Bonchev–Trinajstić information content (AvgIpc) is 3.96. The molecule has 22 heteroatoms. The maximum atomic E-state index is 15.3. The molecule has 0 spiro atoms. The van der Waals surface area contributed by atoms with Crippen molar-refractivity contribution in [3.8, 4) is 22.8 Å². The quantitative estimate of drug-likeness (QED) is 0.135. The van der Waals surface area contributed by atoms with E-state index < -0.39 is 35.2 Å². The summed E-state index contributed by atoms with van der Waals surface area (Å²) in [5.74, 6) is -0.479. The fraction of sp³-hybridized carbons (Fsp3) is 0.560. The van der Waals surface area contributed by atoms with E-state index in [0.717, 1.165) is 43.6 Å². The number of nitrogens with one attached hydrogen (secondary N) is 2. The Kier molecular flexibility index (Phi) is 13.1. The zero-order valence-corrected chi connectivity index (χ0v) is 41.4. The Morgan fingerprint density at radius 3 is 2.25 bits per heavy atom. The van der Waals surface area contributed by atoms with E-state index >= 15 is 8.78 Å². The molecule has 5 aromatic rings. The molecule has 4 amide bonds. The van der Waals surface area contributed by atoms with Crippen molar-refractivity contribution in [2.24, 2.45) is 11.3 Å². The van der Waals surface area contributed by atoms with Crippen LogP contribution in [0.4, 0.5) is 30.8 Å². The van der Waals surface area contributed by atoms with Gasteiger partial charge in [-0.15, -0.1) is 0 Å². The second-order valence-electron chi connectivity index (χ2n) is 21.6. The van der Waals surface area contributed by atoms with Gasteiger partial charge in [0.05, 0.1) is 16.5 Å². The van der Waals surface area contributed by atoms with Gasteiger partial charge in [-0.05, 0) is 94.2 Å². The summed E-state index contributed by atoms with van der Waals surface area (Å²) in [7, 11) is 0. The molecule has 4 aromatic heterocycles. The highest BCUT2D eigenvalue weighted by Gasteiger charge is 2.41. The molecule has 0 radical (unpaired) electrons. The maximum Gasteiger partial charge on any atom is 0.410 e. The van der Waals surface area contributed by atoms with E-state index in [-0.39, 0.29) is 65.7 Å². The molecule has 1 unspecified atom stereocenters. The third-order valence-corrected chi connectivity index (χ3v) is 14.9. The van der Waals surface area contributed by atoms with E-state index in [4.69, 9.17) is 30.1 Å². The SMILES string of the molecule is CC1(C)CN(C(=O)OCC(=O)N2CCC(CN3CCN(c4c(F)cc(NC5CCC(=O)NC5=O)cc4F)CC3)CC2)CC[C@H]1c1cnc(-c2c(-c3nn(C(C)(C)C)c4ncnc(N)c34)noc2C2CC2)nc1. The minimum absolute atomic E-state index is 0.0386. The molecule has 72 heavy (non-hydrogen) atoms. The molecule has 382 valence electrons. The predicted octanol–water partition coefficient (Wildman–Crippen LogP) is 5.66. The first-order chi connectivity index (χ1) is 34.4. The van der Waals surface area contributed by atoms with Crippen LogP contribution in [0.15, 0.2) is 35.4 Å². The van der Waals surface area contributed by atoms with Crippen LogP contribution in [0, 0.1) is 23.0 Å². The smallest absolute Gasteiger partial charge is 0.410 e. The van der Waals surface area contributed by atoms with Crippen LogP contribution in [0.3, 0.4) is 0 Å². The van der Waals surface area contributed by atoms with Gasteiger partial charge in [-0.25, -0.2) is 38.2 Å². The molecule has 1 aromatic carbocycles. The van der Waals surface area contributed by atoms with Crippen LogP contribution in [-0.4, -0.2) is 145 Å². The second kappa shape index (κ2) is 19.3. The predicted molar refractivity (Wildman–Crippen MR) is 261 cm³/mol. The highest BCUT2D eigenvalue weighted by atomic mass is 19.1. The zero-order chi connectivity index (χ0) is 50.6. The number of rotatable bonds is 11. The van der Waals surface area contributed by atoms with Crippen molar-refractivity contribution in [1.29, 1.82) is 0 Å². The molecule has 4 saturated heterocycles. The molecule has 4 N–H and O–H groups in total. The Morgan fingerprint density at radius 2 is 1.60 bits per heavy atom. The summed E-state index contributed by atoms with van der Waals surface area (Å²) in [5.41, 5.74) is 8.92. The van der Waals surface area contributed by atoms with Crippen LogP contribution >= 0.6 is 0 Å². The highest BCUT2D eigenvalue weighted by Crippen LogP contribution is 2.49. The molecule has 1 saturated carbocycles. The van der Waals surface area contributed by atoms with E-state index in [1.54, 1.807) is 14.7 Å². The molecule has 20 nitrogen and oxygen atoms in total. The van der Waals surface area contributed by atoms with E-state index in [0.29, 0.717) is 98.5 Å². The molecule has 5 aliphatic rings. The number of amides is 4. The van der Waals surface area contributed by atoms with E-state index in [9.17, 15) is 19.2 Å². The van der Waals surface area contributed by atoms with Gasteiger partial charge in [-0.2, -0.15) is 5.10 Å². The number of hydrogen-bond acceptors (Lipinski definition) is 16. The first kappa shape index (κ1) is 48.8. The summed E-state index contributed by atoms with van der Waals surface area (Å²) in [6.07, 6.45) is 9.19. The second-order valence-corrected chi connectivity index (χ2v) is 21.6. The molecule has 8 heterocycles. The lowest BCUT2D eigenvalue weighted by molar-refractivity contribution is -0.136. The van der Waals surface area contributed by atoms with Crippen molar-refractivity contribution in [1.82, 2.24) is 54.9 Å². The fourth-order valence-corrected chi connectivity index (χ4v) is 10.9. The zero-order valence-electron chi connectivity index (χ0n) is 41.4. The van der Waals surface area contributed by atoms with Crippen LogP contribution < -0.4 is 21.3 Å². The van der Waals surface area contributed by atoms with Crippen molar-refractivity contribution >= 4 is 52.0 Å². The summed E-state index contributed by atoms with van der Waals surface area (Å²) < 4.78 is 44.0. The number of imide groups is 1. The molecule has 10 rings (SSSR count).